The Morgan fingerprint density at radius 1 is 1.11 bits per heavy atom. The van der Waals surface area contributed by atoms with E-state index in [1.807, 2.05) is 30.3 Å². The molecule has 3 heterocycles. The van der Waals surface area contributed by atoms with Gasteiger partial charge in [0.1, 0.15) is 23.7 Å². The summed E-state index contributed by atoms with van der Waals surface area (Å²) in [5.41, 5.74) is 2.01. The Morgan fingerprint density at radius 2 is 1.91 bits per heavy atom. The lowest BCUT2D eigenvalue weighted by molar-refractivity contribution is 0.0554. The number of esters is 1. The van der Waals surface area contributed by atoms with Crippen LogP contribution in [0.15, 0.2) is 93.1 Å². The molecule has 0 aliphatic carbocycles. The van der Waals surface area contributed by atoms with Gasteiger partial charge in [-0.2, -0.15) is 0 Å². The van der Waals surface area contributed by atoms with Crippen LogP contribution in [0.5, 0.6) is 11.5 Å². The number of carbonyl (C=O) groups is 2. The molecule has 0 fully saturated rings. The van der Waals surface area contributed by atoms with Crippen molar-refractivity contribution >= 4 is 55.2 Å². The summed E-state index contributed by atoms with van der Waals surface area (Å²) in [6, 6.07) is 19.0. The highest BCUT2D eigenvalue weighted by atomic mass is 79.9. The maximum atomic E-state index is 14.1. The summed E-state index contributed by atoms with van der Waals surface area (Å²) < 4.78 is 23.7. The molecule has 222 valence electrons. The van der Waals surface area contributed by atoms with E-state index in [4.69, 9.17) is 18.6 Å². The van der Waals surface area contributed by atoms with Gasteiger partial charge in [-0.25, -0.2) is 9.78 Å². The van der Waals surface area contributed by atoms with E-state index in [1.165, 1.54) is 18.1 Å². The van der Waals surface area contributed by atoms with Crippen LogP contribution in [0.1, 0.15) is 48.7 Å². The fraction of sp³-hybridized carbons (Fsp3) is 0.152. The predicted octanol–water partition coefficient (Wildman–Crippen LogP) is 7.00. The van der Waals surface area contributed by atoms with Gasteiger partial charge in [-0.1, -0.05) is 76.3 Å². The second-order valence-electron chi connectivity index (χ2n) is 9.87. The molecule has 0 saturated heterocycles. The van der Waals surface area contributed by atoms with Gasteiger partial charge >= 0.3 is 5.97 Å². The molecule has 1 amide bonds. The van der Waals surface area contributed by atoms with Crippen LogP contribution >= 0.6 is 27.3 Å². The number of aromatic nitrogens is 1. The van der Waals surface area contributed by atoms with Crippen molar-refractivity contribution in [3.8, 4) is 11.5 Å². The molecule has 2 aromatic heterocycles. The van der Waals surface area contributed by atoms with Crippen LogP contribution in [-0.2, 0) is 11.3 Å². The smallest absolute Gasteiger partial charge is 0.350 e. The van der Waals surface area contributed by atoms with Crippen molar-refractivity contribution in [3.63, 3.8) is 0 Å². The molecule has 44 heavy (non-hydrogen) atoms. The highest BCUT2D eigenvalue weighted by molar-refractivity contribution is 9.10. The zero-order valence-electron chi connectivity index (χ0n) is 23.7. The third-order valence-corrected chi connectivity index (χ3v) is 8.71. The zero-order chi connectivity index (χ0) is 31.0. The van der Waals surface area contributed by atoms with E-state index >= 15 is 0 Å². The minimum Gasteiger partial charge on any atom is -0.493 e. The minimum absolute atomic E-state index is 0.0290. The minimum atomic E-state index is -0.934. The van der Waals surface area contributed by atoms with Gasteiger partial charge in [-0.05, 0) is 48.4 Å². The molecule has 1 unspecified atom stereocenters. The van der Waals surface area contributed by atoms with Crippen LogP contribution in [0.3, 0.4) is 0 Å². The average Bonchev–Trinajstić information content (AvgIpc) is 3.56. The summed E-state index contributed by atoms with van der Waals surface area (Å²) in [4.78, 5) is 47.0. The number of ether oxygens (including phenoxy) is 3. The third-order valence-electron chi connectivity index (χ3n) is 7.08. The molecule has 9 nitrogen and oxygen atoms in total. The molecule has 0 radical (unpaired) electrons. The number of halogens is 1. The molecule has 0 saturated carbocycles. The summed E-state index contributed by atoms with van der Waals surface area (Å²) in [5, 5.41) is 0.527. The molecule has 0 N–H and O–H groups in total. The number of rotatable bonds is 9. The van der Waals surface area contributed by atoms with E-state index in [1.54, 1.807) is 43.3 Å². The van der Waals surface area contributed by atoms with Crippen molar-refractivity contribution < 1.29 is 28.2 Å². The molecule has 0 bridgehead atoms. The van der Waals surface area contributed by atoms with E-state index in [-0.39, 0.29) is 39.0 Å². The van der Waals surface area contributed by atoms with Gasteiger partial charge in [0, 0.05) is 4.47 Å². The molecule has 0 spiro atoms. The van der Waals surface area contributed by atoms with Crippen LogP contribution in [0.4, 0.5) is 5.13 Å². The van der Waals surface area contributed by atoms with Gasteiger partial charge in [0.15, 0.2) is 22.1 Å². The van der Waals surface area contributed by atoms with Crippen LogP contribution in [0.25, 0.3) is 11.0 Å². The maximum absolute atomic E-state index is 14.1. The topological polar surface area (TPSA) is 108 Å². The molecular weight excluding hydrogens is 648 g/mol. The number of carbonyl (C=O) groups excluding carboxylic acids is 2. The Balaban J connectivity index is 1.48. The van der Waals surface area contributed by atoms with Crippen molar-refractivity contribution in [1.29, 1.82) is 0 Å². The first-order valence-electron chi connectivity index (χ1n) is 13.5. The van der Waals surface area contributed by atoms with Crippen molar-refractivity contribution in [2.24, 2.45) is 0 Å². The highest BCUT2D eigenvalue weighted by Gasteiger charge is 2.45. The van der Waals surface area contributed by atoms with Gasteiger partial charge in [0.25, 0.3) is 5.91 Å². The van der Waals surface area contributed by atoms with E-state index in [9.17, 15) is 14.4 Å². The summed E-state index contributed by atoms with van der Waals surface area (Å²) in [6.07, 6.45) is 1.47. The number of nitrogens with zero attached hydrogens (tertiary/aromatic N) is 2. The molecule has 11 heteroatoms. The van der Waals surface area contributed by atoms with Crippen molar-refractivity contribution in [1.82, 2.24) is 4.98 Å². The number of amides is 1. The summed E-state index contributed by atoms with van der Waals surface area (Å²) in [5.74, 6) is -0.339. The third kappa shape index (κ3) is 5.29. The predicted molar refractivity (Wildman–Crippen MR) is 170 cm³/mol. The summed E-state index contributed by atoms with van der Waals surface area (Å²) in [6.45, 7) is 5.58. The van der Waals surface area contributed by atoms with Crippen molar-refractivity contribution in [2.45, 2.75) is 19.6 Å². The SMILES string of the molecule is C=CCOC(=O)c1sc(N2C(=O)c3oc4ccc(Br)cc4c(=O)c3C2c2ccc(OCc3ccccc3)c(OC)c2)nc1C. The van der Waals surface area contributed by atoms with E-state index < -0.39 is 17.9 Å². The highest BCUT2D eigenvalue weighted by Crippen LogP contribution is 2.45. The lowest BCUT2D eigenvalue weighted by Gasteiger charge is -2.23. The van der Waals surface area contributed by atoms with Gasteiger partial charge in [0.05, 0.1) is 29.8 Å². The largest absolute Gasteiger partial charge is 0.493 e. The van der Waals surface area contributed by atoms with Gasteiger partial charge in [-0.3, -0.25) is 14.5 Å². The molecule has 3 aromatic carbocycles. The standard InChI is InChI=1S/C33H25BrN2O7S/c1-4-14-41-32(39)30-18(2)35-33(44-30)36-27(26-28(37)22-16-21(34)11-13-23(22)43-29(26)31(36)38)20-10-12-24(25(15-20)40-3)42-17-19-8-6-5-7-9-19/h4-13,15-16,27H,1,14,17H2,2-3H3. The van der Waals surface area contributed by atoms with Gasteiger partial charge in [0.2, 0.25) is 5.76 Å². The molecule has 6 rings (SSSR count). The van der Waals surface area contributed by atoms with E-state index in [2.05, 4.69) is 27.5 Å². The average molecular weight is 674 g/mol. The number of fused-ring (bicyclic) bond motifs is 2. The Hall–Kier alpha value is -4.74. The zero-order valence-corrected chi connectivity index (χ0v) is 26.1. The number of anilines is 1. The fourth-order valence-corrected chi connectivity index (χ4v) is 6.39. The Morgan fingerprint density at radius 3 is 2.66 bits per heavy atom. The second-order valence-corrected chi connectivity index (χ2v) is 11.8. The maximum Gasteiger partial charge on any atom is 0.350 e. The monoisotopic (exact) mass is 672 g/mol. The van der Waals surface area contributed by atoms with Crippen molar-refractivity contribution in [3.05, 3.63) is 127 Å². The van der Waals surface area contributed by atoms with Crippen LogP contribution < -0.4 is 19.8 Å². The Labute approximate surface area is 264 Å². The van der Waals surface area contributed by atoms with Crippen LogP contribution in [0.2, 0.25) is 0 Å². The van der Waals surface area contributed by atoms with Gasteiger partial charge in [-0.15, -0.1) is 0 Å². The first kappa shape index (κ1) is 29.3. The first-order valence-corrected chi connectivity index (χ1v) is 15.1. The number of benzene rings is 3. The summed E-state index contributed by atoms with van der Waals surface area (Å²) in [7, 11) is 1.52. The first-order chi connectivity index (χ1) is 21.3. The molecule has 5 aromatic rings. The molecule has 1 aliphatic rings. The van der Waals surface area contributed by atoms with Crippen LogP contribution in [-0.4, -0.2) is 30.6 Å². The number of hydrogen-bond donors (Lipinski definition) is 0. The number of thiazole rings is 1. The van der Waals surface area contributed by atoms with Gasteiger partial charge < -0.3 is 18.6 Å². The fourth-order valence-electron chi connectivity index (χ4n) is 5.04. The van der Waals surface area contributed by atoms with E-state index in [0.29, 0.717) is 39.2 Å². The molecule has 1 aliphatic heterocycles. The van der Waals surface area contributed by atoms with Crippen molar-refractivity contribution in [2.75, 3.05) is 18.6 Å². The van der Waals surface area contributed by atoms with E-state index in [0.717, 1.165) is 16.9 Å². The summed E-state index contributed by atoms with van der Waals surface area (Å²) >= 11 is 4.42. The Kier molecular flexibility index (Phi) is 8.07. The number of hydrogen-bond acceptors (Lipinski definition) is 9. The second kappa shape index (κ2) is 12.1. The van der Waals surface area contributed by atoms with Crippen LogP contribution in [0, 0.1) is 6.92 Å². The number of aryl methyl sites for hydroxylation is 1. The normalized spacial score (nSPS) is 14.0. The lowest BCUT2D eigenvalue weighted by atomic mass is 9.98. The quantitative estimate of drug-likeness (QED) is 0.122. The number of methoxy groups -OCH3 is 1. The molecular formula is C33H25BrN2O7S. The molecule has 1 atom stereocenters. The lowest BCUT2D eigenvalue weighted by Crippen LogP contribution is -2.29. The Bertz CT molecular complexity index is 1990.